The van der Waals surface area contributed by atoms with Crippen LogP contribution in [-0.2, 0) is 19.1 Å². The number of fused-ring (bicyclic) bond motifs is 1. The number of nitrogens with two attached hydrogens (primary N) is 3. The van der Waals surface area contributed by atoms with Crippen LogP contribution < -0.4 is 22.5 Å². The number of esters is 2. The van der Waals surface area contributed by atoms with Crippen LogP contribution in [0.4, 0.5) is 0 Å². The highest BCUT2D eigenvalue weighted by Crippen LogP contribution is 2.40. The molecule has 6 atom stereocenters. The van der Waals surface area contributed by atoms with Crippen molar-refractivity contribution in [3.63, 3.8) is 0 Å². The molecule has 0 saturated carbocycles. The molecule has 5 aliphatic rings. The number of allylic oxidation sites excluding steroid dienone is 1. The van der Waals surface area contributed by atoms with Gasteiger partial charge in [-0.15, -0.1) is 0 Å². The third kappa shape index (κ3) is 12.5. The first-order chi connectivity index (χ1) is 27.3. The summed E-state index contributed by atoms with van der Waals surface area (Å²) in [6.07, 6.45) is 26.7. The van der Waals surface area contributed by atoms with Gasteiger partial charge in [-0.1, -0.05) is 96.8 Å². The van der Waals surface area contributed by atoms with Crippen LogP contribution in [0.1, 0.15) is 168 Å². The minimum absolute atomic E-state index is 0.0643. The second-order valence-corrected chi connectivity index (χ2v) is 17.0. The van der Waals surface area contributed by atoms with Gasteiger partial charge in [0.15, 0.2) is 17.9 Å². The molecule has 5 rings (SSSR count). The maximum Gasteiger partial charge on any atom is 0.337 e. The summed E-state index contributed by atoms with van der Waals surface area (Å²) in [7, 11) is 0. The van der Waals surface area contributed by atoms with Crippen LogP contribution in [0.15, 0.2) is 26.2 Å². The minimum Gasteiger partial charge on any atom is -0.465 e. The quantitative estimate of drug-likeness (QED) is 0.0332. The molecular weight excluding hydrogens is 707 g/mol. The Morgan fingerprint density at radius 2 is 1.50 bits per heavy atom. The van der Waals surface area contributed by atoms with E-state index in [1.807, 2.05) is 4.90 Å². The number of unbranched alkanes of at least 4 members (excludes halogenated alkanes) is 14. The topological polar surface area (TPSA) is 186 Å². The highest BCUT2D eigenvalue weighted by Gasteiger charge is 2.51. The fourth-order valence-corrected chi connectivity index (χ4v) is 9.65. The summed E-state index contributed by atoms with van der Waals surface area (Å²) in [5, 5.41) is 3.78. The van der Waals surface area contributed by atoms with Crippen LogP contribution >= 0.6 is 0 Å². The maximum atomic E-state index is 13.4. The molecule has 0 spiro atoms. The summed E-state index contributed by atoms with van der Waals surface area (Å²) in [5.74, 6) is 1.09. The van der Waals surface area contributed by atoms with E-state index in [9.17, 15) is 9.59 Å². The lowest BCUT2D eigenvalue weighted by atomic mass is 9.89. The van der Waals surface area contributed by atoms with Crippen molar-refractivity contribution in [3.8, 4) is 0 Å². The van der Waals surface area contributed by atoms with Gasteiger partial charge in [0.2, 0.25) is 0 Å². The summed E-state index contributed by atoms with van der Waals surface area (Å²) < 4.78 is 11.6. The zero-order valence-electron chi connectivity index (χ0n) is 34.9. The number of hydrogen-bond donors (Lipinski definition) is 4. The zero-order chi connectivity index (χ0) is 39.7. The lowest BCUT2D eigenvalue weighted by Gasteiger charge is -2.46. The molecule has 0 aromatic rings. The molecule has 0 bridgehead atoms. The van der Waals surface area contributed by atoms with Crippen molar-refractivity contribution in [3.05, 3.63) is 11.3 Å². The van der Waals surface area contributed by atoms with E-state index in [1.165, 1.54) is 57.8 Å². The number of carbonyl (C=O) groups excluding carboxylic acids is 2. The average Bonchev–Trinajstić information content (AvgIpc) is 3.83. The molecule has 0 aliphatic carbocycles. The number of nitrogens with one attached hydrogen (secondary N) is 1. The number of hydrogen-bond acceptors (Lipinski definition) is 11. The predicted octanol–water partition coefficient (Wildman–Crippen LogP) is 6.39. The zero-order valence-corrected chi connectivity index (χ0v) is 34.9. The molecule has 0 amide bonds. The van der Waals surface area contributed by atoms with Crippen molar-refractivity contribution in [1.29, 1.82) is 0 Å². The molecule has 7 N–H and O–H groups in total. The van der Waals surface area contributed by atoms with Gasteiger partial charge in [-0.05, 0) is 71.1 Å². The molecule has 6 unspecified atom stereocenters. The van der Waals surface area contributed by atoms with E-state index in [2.05, 4.69) is 29.1 Å². The van der Waals surface area contributed by atoms with E-state index in [0.717, 1.165) is 108 Å². The van der Waals surface area contributed by atoms with Crippen LogP contribution in [0, 0.1) is 5.92 Å². The highest BCUT2D eigenvalue weighted by molar-refractivity contribution is 5.95. The molecule has 0 aromatic heterocycles. The van der Waals surface area contributed by atoms with E-state index in [1.54, 1.807) is 0 Å². The van der Waals surface area contributed by atoms with Gasteiger partial charge in [0.1, 0.15) is 0 Å². The van der Waals surface area contributed by atoms with E-state index < -0.39 is 0 Å². The first kappa shape index (κ1) is 43.6. The summed E-state index contributed by atoms with van der Waals surface area (Å²) in [5.41, 5.74) is 18.8. The third-order valence-electron chi connectivity index (χ3n) is 12.6. The lowest BCUT2D eigenvalue weighted by molar-refractivity contribution is -0.151. The summed E-state index contributed by atoms with van der Waals surface area (Å²) in [6, 6.07) is 0.874. The van der Waals surface area contributed by atoms with Gasteiger partial charge in [-0.3, -0.25) is 9.79 Å². The molecule has 5 aliphatic heterocycles. The highest BCUT2D eigenvalue weighted by atomic mass is 16.5. The summed E-state index contributed by atoms with van der Waals surface area (Å²) in [4.78, 5) is 44.9. The van der Waals surface area contributed by atoms with Crippen molar-refractivity contribution in [2.75, 3.05) is 26.3 Å². The largest absolute Gasteiger partial charge is 0.465 e. The Bertz CT molecular complexity index is 1380. The number of rotatable bonds is 26. The molecule has 3 fully saturated rings. The van der Waals surface area contributed by atoms with Gasteiger partial charge in [-0.2, -0.15) is 0 Å². The van der Waals surface area contributed by atoms with Crippen molar-refractivity contribution in [1.82, 2.24) is 15.1 Å². The lowest BCUT2D eigenvalue weighted by Crippen LogP contribution is -2.63. The van der Waals surface area contributed by atoms with Gasteiger partial charge in [0.05, 0.1) is 36.8 Å². The summed E-state index contributed by atoms with van der Waals surface area (Å²) in [6.45, 7) is 6.49. The number of ether oxygens (including phenoxy) is 2. The number of nitrogens with zero attached hydrogens (tertiary/aromatic N) is 5. The number of guanidine groups is 3. The summed E-state index contributed by atoms with van der Waals surface area (Å²) >= 11 is 0. The molecule has 5 heterocycles. The smallest absolute Gasteiger partial charge is 0.337 e. The van der Waals surface area contributed by atoms with Crippen LogP contribution in [-0.4, -0.2) is 96.1 Å². The molecular formula is C43H75N9O4. The van der Waals surface area contributed by atoms with Gasteiger partial charge in [0.25, 0.3) is 0 Å². The van der Waals surface area contributed by atoms with Crippen molar-refractivity contribution in [2.45, 2.75) is 198 Å². The van der Waals surface area contributed by atoms with Crippen molar-refractivity contribution >= 4 is 29.8 Å². The monoisotopic (exact) mass is 782 g/mol. The SMILES string of the molecule is CCCCCCCCCCC1CC2CCC3C(C(=O)OCCCCCCCCCC4N=C(N)N5CCCC5=C4C(=O)OCCCCN=C(N)N)C(C)N=C(N1)N23. The molecule has 13 heteroatoms. The van der Waals surface area contributed by atoms with E-state index in [0.29, 0.717) is 49.8 Å². The Morgan fingerprint density at radius 3 is 2.23 bits per heavy atom. The second kappa shape index (κ2) is 23.0. The third-order valence-corrected chi connectivity index (χ3v) is 12.6. The van der Waals surface area contributed by atoms with Gasteiger partial charge in [-0.25, -0.2) is 14.8 Å². The molecule has 316 valence electrons. The van der Waals surface area contributed by atoms with Crippen molar-refractivity contribution in [2.24, 2.45) is 38.1 Å². The Labute approximate surface area is 337 Å². The Hall–Kier alpha value is -3.51. The molecule has 56 heavy (non-hydrogen) atoms. The maximum absolute atomic E-state index is 13.4. The predicted molar refractivity (Wildman–Crippen MR) is 225 cm³/mol. The van der Waals surface area contributed by atoms with E-state index in [4.69, 9.17) is 36.7 Å². The standard InChI is InChI=1S/C43H75N9O4/c1-3-4-5-6-7-9-12-15-21-32-30-33-24-25-36-37(31(2)48-43(49-32)52(33)36)39(53)55-28-18-14-11-8-10-13-16-22-34-38(35-23-20-27-51(35)42(46)50-34)40(54)56-29-19-17-26-47-41(44)45/h31-34,36-37H,3-30H2,1-2H3,(H2,46,50)(H,48,49)(H4,44,45,47). The van der Waals surface area contributed by atoms with E-state index >= 15 is 0 Å². The Kier molecular flexibility index (Phi) is 17.9. The molecule has 0 aromatic carbocycles. The number of aliphatic imine (C=N–C) groups is 3. The second-order valence-electron chi connectivity index (χ2n) is 17.0. The first-order valence-electron chi connectivity index (χ1n) is 22.6. The minimum atomic E-state index is -0.278. The fourth-order valence-electron chi connectivity index (χ4n) is 9.65. The van der Waals surface area contributed by atoms with Gasteiger partial charge >= 0.3 is 11.9 Å². The molecule has 3 saturated heterocycles. The fraction of sp³-hybridized carbons (Fsp3) is 0.837. The van der Waals surface area contributed by atoms with Crippen LogP contribution in [0.5, 0.6) is 0 Å². The number of carbonyl (C=O) groups is 2. The Morgan fingerprint density at radius 1 is 0.839 bits per heavy atom. The van der Waals surface area contributed by atoms with Crippen LogP contribution in [0.25, 0.3) is 0 Å². The first-order valence-corrected chi connectivity index (χ1v) is 22.6. The van der Waals surface area contributed by atoms with Gasteiger partial charge < -0.3 is 41.8 Å². The Balaban J connectivity index is 0.940. The normalized spacial score (nSPS) is 25.2. The molecule has 0 radical (unpaired) electrons. The van der Waals surface area contributed by atoms with Crippen LogP contribution in [0.2, 0.25) is 0 Å². The van der Waals surface area contributed by atoms with Crippen LogP contribution in [0.3, 0.4) is 0 Å². The molecule has 13 nitrogen and oxygen atoms in total. The van der Waals surface area contributed by atoms with Crippen molar-refractivity contribution < 1.29 is 19.1 Å². The average molecular weight is 782 g/mol. The van der Waals surface area contributed by atoms with Gasteiger partial charge in [0, 0.05) is 36.9 Å². The van der Waals surface area contributed by atoms with E-state index in [-0.39, 0.29) is 41.9 Å².